The Balaban J connectivity index is 1.79. The van der Waals surface area contributed by atoms with E-state index in [-0.39, 0.29) is 37.7 Å². The molecule has 58 heavy (non-hydrogen) atoms. The van der Waals surface area contributed by atoms with E-state index in [1.165, 1.54) is 7.11 Å². The lowest BCUT2D eigenvalue weighted by Gasteiger charge is -2.21. The smallest absolute Gasteiger partial charge is 0.310 e. The Bertz CT molecular complexity index is 2180. The van der Waals surface area contributed by atoms with Crippen molar-refractivity contribution in [2.45, 2.75) is 85.0 Å². The van der Waals surface area contributed by atoms with Crippen LogP contribution >= 0.6 is 0 Å². The number of H-pyrrole nitrogens is 2. The van der Waals surface area contributed by atoms with Crippen LogP contribution in [0.3, 0.4) is 0 Å². The van der Waals surface area contributed by atoms with Gasteiger partial charge < -0.3 is 39.7 Å². The molecular formula is C44H60N6O8. The van der Waals surface area contributed by atoms with Crippen LogP contribution < -0.4 is 5.32 Å². The lowest BCUT2D eigenvalue weighted by atomic mass is 9.84. The van der Waals surface area contributed by atoms with Gasteiger partial charge in [0.1, 0.15) is 0 Å². The number of rotatable bonds is 19. The summed E-state index contributed by atoms with van der Waals surface area (Å²) in [6.45, 7) is 13.8. The van der Waals surface area contributed by atoms with Crippen LogP contribution in [-0.4, -0.2) is 120 Å². The molecule has 1 amide bonds. The lowest BCUT2D eigenvalue weighted by molar-refractivity contribution is -0.140. The molecule has 3 aromatic rings. The molecule has 8 bridgehead atoms. The molecule has 0 saturated carbocycles. The van der Waals surface area contributed by atoms with Gasteiger partial charge >= 0.3 is 11.9 Å². The van der Waals surface area contributed by atoms with Gasteiger partial charge in [-0.25, -0.2) is 4.98 Å². The number of aliphatic hydroxyl groups is 1. The molecule has 14 heteroatoms. The minimum Gasteiger partial charge on any atom is -0.481 e. The second-order valence-corrected chi connectivity index (χ2v) is 15.1. The molecule has 0 fully saturated rings. The molecule has 3 aromatic heterocycles. The molecule has 5 heterocycles. The number of aromatic amines is 2. The van der Waals surface area contributed by atoms with Crippen LogP contribution in [0.15, 0.2) is 18.2 Å². The van der Waals surface area contributed by atoms with Crippen molar-refractivity contribution in [2.75, 3.05) is 67.3 Å². The first kappa shape index (κ1) is 44.2. The number of nitrogens with zero attached hydrogens (tertiary/aromatic N) is 3. The number of ether oxygens (including phenoxy) is 3. The van der Waals surface area contributed by atoms with Crippen LogP contribution in [0.2, 0.25) is 0 Å². The highest BCUT2D eigenvalue weighted by atomic mass is 16.5. The van der Waals surface area contributed by atoms with Crippen LogP contribution in [-0.2, 0) is 47.9 Å². The molecule has 2 aliphatic rings. The molecule has 314 valence electrons. The number of hydrogen-bond donors (Lipinski definition) is 5. The molecule has 0 aliphatic carbocycles. The van der Waals surface area contributed by atoms with Gasteiger partial charge in [0.2, 0.25) is 0 Å². The van der Waals surface area contributed by atoms with Gasteiger partial charge in [0, 0.05) is 92.0 Å². The lowest BCUT2D eigenvalue weighted by Crippen LogP contribution is -2.34. The quantitative estimate of drug-likeness (QED) is 0.0757. The third kappa shape index (κ3) is 9.86. The standard InChI is InChI=1S/C44H60N6O8/c1-9-29-25(2)34-23-38-30(13-18-51)26(3)33(47-38)22-35-27(4)31(11-12-39(52)53)42(48-35)32(21-40(54)58-8)43-41(28(5)36(49-43)24-37(29)46-34)44(55)45-14-10-15-50(16-19-56-6)17-20-57-7/h22-24,27,31,46-47,51H,9-21H2,1-8H3,(H,45,55)(H,52,53). The fourth-order valence-electron chi connectivity index (χ4n) is 8.18. The van der Waals surface area contributed by atoms with Gasteiger partial charge in [-0.2, -0.15) is 0 Å². The summed E-state index contributed by atoms with van der Waals surface area (Å²) in [4.78, 5) is 59.5. The summed E-state index contributed by atoms with van der Waals surface area (Å²) >= 11 is 0. The van der Waals surface area contributed by atoms with E-state index in [0.717, 1.165) is 70.4 Å². The Hall–Kier alpha value is -4.89. The number of carbonyl (C=O) groups excluding carboxylic acids is 2. The van der Waals surface area contributed by atoms with Gasteiger partial charge in [0.25, 0.3) is 5.91 Å². The first-order chi connectivity index (χ1) is 27.9. The summed E-state index contributed by atoms with van der Waals surface area (Å²) in [7, 11) is 4.65. The van der Waals surface area contributed by atoms with E-state index in [0.29, 0.717) is 72.1 Å². The minimum atomic E-state index is -0.944. The van der Waals surface area contributed by atoms with Crippen molar-refractivity contribution in [3.63, 3.8) is 0 Å². The third-order valence-corrected chi connectivity index (χ3v) is 11.6. The number of fused-ring (bicyclic) bond motifs is 8. The maximum Gasteiger partial charge on any atom is 0.310 e. The number of amides is 1. The topological polar surface area (TPSA) is 192 Å². The van der Waals surface area contributed by atoms with Gasteiger partial charge in [-0.15, -0.1) is 0 Å². The van der Waals surface area contributed by atoms with Crippen molar-refractivity contribution in [3.8, 4) is 0 Å². The summed E-state index contributed by atoms with van der Waals surface area (Å²) in [5.41, 5.74) is 11.1. The van der Waals surface area contributed by atoms with E-state index in [1.807, 2.05) is 32.9 Å². The van der Waals surface area contributed by atoms with Crippen molar-refractivity contribution in [3.05, 3.63) is 68.8 Å². The maximum atomic E-state index is 14.5. The minimum absolute atomic E-state index is 0.0263. The number of esters is 1. The summed E-state index contributed by atoms with van der Waals surface area (Å²) in [5.74, 6) is -2.46. The largest absolute Gasteiger partial charge is 0.481 e. The van der Waals surface area contributed by atoms with E-state index in [2.05, 4.69) is 40.1 Å². The molecule has 0 aromatic carbocycles. The zero-order valence-electron chi connectivity index (χ0n) is 35.3. The molecule has 14 nitrogen and oxygen atoms in total. The van der Waals surface area contributed by atoms with Gasteiger partial charge in [-0.3, -0.25) is 24.3 Å². The summed E-state index contributed by atoms with van der Waals surface area (Å²) < 4.78 is 15.8. The summed E-state index contributed by atoms with van der Waals surface area (Å²) in [6, 6.07) is 6.00. The number of carboxylic acid groups (broad SMARTS) is 1. The highest BCUT2D eigenvalue weighted by molar-refractivity contribution is 6.27. The number of allylic oxidation sites excluding steroid dienone is 1. The Morgan fingerprint density at radius 1 is 0.879 bits per heavy atom. The number of hydrogen-bond acceptors (Lipinski definition) is 10. The molecule has 0 spiro atoms. The number of aromatic nitrogens is 4. The number of aliphatic hydroxyl groups excluding tert-OH is 1. The predicted octanol–water partition coefficient (Wildman–Crippen LogP) is 5.53. The highest BCUT2D eigenvalue weighted by Crippen LogP contribution is 2.44. The molecule has 5 N–H and O–H groups in total. The summed E-state index contributed by atoms with van der Waals surface area (Å²) in [6.07, 6.45) is 1.77. The molecule has 0 radical (unpaired) electrons. The molecule has 5 rings (SSSR count). The number of nitrogens with one attached hydrogen (secondary N) is 3. The number of carboxylic acids is 1. The molecule has 2 atom stereocenters. The first-order valence-electron chi connectivity index (χ1n) is 20.2. The monoisotopic (exact) mass is 800 g/mol. The molecule has 2 aliphatic heterocycles. The Kier molecular flexibility index (Phi) is 15.4. The van der Waals surface area contributed by atoms with E-state index in [1.54, 1.807) is 14.2 Å². The zero-order chi connectivity index (χ0) is 42.1. The Morgan fingerprint density at radius 2 is 1.53 bits per heavy atom. The van der Waals surface area contributed by atoms with Crippen LogP contribution in [0, 0.1) is 13.8 Å². The Labute approximate surface area is 340 Å². The van der Waals surface area contributed by atoms with E-state index >= 15 is 0 Å². The Morgan fingerprint density at radius 3 is 2.16 bits per heavy atom. The highest BCUT2D eigenvalue weighted by Gasteiger charge is 2.35. The van der Waals surface area contributed by atoms with Crippen molar-refractivity contribution < 1.29 is 38.8 Å². The number of methoxy groups -OCH3 is 3. The van der Waals surface area contributed by atoms with Crippen LogP contribution in [0.5, 0.6) is 0 Å². The number of carbonyl (C=O) groups is 3. The van der Waals surface area contributed by atoms with Gasteiger partial charge in [-0.05, 0) is 99.0 Å². The third-order valence-electron chi connectivity index (χ3n) is 11.6. The molecule has 2 unspecified atom stereocenters. The van der Waals surface area contributed by atoms with E-state index < -0.39 is 17.9 Å². The zero-order valence-corrected chi connectivity index (χ0v) is 35.3. The maximum absolute atomic E-state index is 14.5. The van der Waals surface area contributed by atoms with Gasteiger partial charge in [-0.1, -0.05) is 13.8 Å². The van der Waals surface area contributed by atoms with Crippen LogP contribution in [0.25, 0.3) is 33.2 Å². The second-order valence-electron chi connectivity index (χ2n) is 15.1. The van der Waals surface area contributed by atoms with Gasteiger partial charge in [0.15, 0.2) is 0 Å². The van der Waals surface area contributed by atoms with Crippen molar-refractivity contribution >= 4 is 51.1 Å². The van der Waals surface area contributed by atoms with Crippen molar-refractivity contribution in [2.24, 2.45) is 0 Å². The second kappa shape index (κ2) is 20.2. The number of aryl methyl sites for hydroxylation is 3. The van der Waals surface area contributed by atoms with Crippen molar-refractivity contribution in [1.29, 1.82) is 0 Å². The first-order valence-corrected chi connectivity index (χ1v) is 20.2. The number of aliphatic carboxylic acids is 1. The van der Waals surface area contributed by atoms with Crippen molar-refractivity contribution in [1.82, 2.24) is 30.2 Å². The average Bonchev–Trinajstić information content (AvgIpc) is 3.88. The van der Waals surface area contributed by atoms with E-state index in [9.17, 15) is 24.6 Å². The van der Waals surface area contributed by atoms with E-state index in [4.69, 9.17) is 24.2 Å². The van der Waals surface area contributed by atoms with Crippen LogP contribution in [0.1, 0.15) is 102 Å². The van der Waals surface area contributed by atoms with Gasteiger partial charge in [0.05, 0.1) is 49.4 Å². The SMILES string of the molecule is CCc1c(C)c2cc3[nH]c(cc4nc(c(CC(=O)OC)c5nc(cc1[nH]2)C(C)=C5C(=O)NCCCN(CCOC)CCOC)C(CCC(=O)O)C4C)c(C)c3CCO. The fourth-order valence-corrected chi connectivity index (χ4v) is 8.18. The fraction of sp³-hybridized carbons (Fsp3) is 0.523. The summed E-state index contributed by atoms with van der Waals surface area (Å²) in [5, 5.41) is 23.0. The average molecular weight is 801 g/mol. The van der Waals surface area contributed by atoms with Crippen LogP contribution in [0.4, 0.5) is 0 Å². The molecular weight excluding hydrogens is 741 g/mol. The normalized spacial score (nSPS) is 15.3. The molecule has 0 saturated heterocycles. The predicted molar refractivity (Wildman–Crippen MR) is 225 cm³/mol.